The van der Waals surface area contributed by atoms with Crippen molar-refractivity contribution in [3.8, 4) is 17.2 Å². The summed E-state index contributed by atoms with van der Waals surface area (Å²) in [6, 6.07) is 31.6. The van der Waals surface area contributed by atoms with Crippen molar-refractivity contribution >= 4 is 11.9 Å². The molecule has 1 unspecified atom stereocenters. The van der Waals surface area contributed by atoms with E-state index in [-0.39, 0.29) is 24.7 Å². The second kappa shape index (κ2) is 11.2. The molecule has 192 valence electrons. The van der Waals surface area contributed by atoms with Gasteiger partial charge in [0.2, 0.25) is 5.91 Å². The van der Waals surface area contributed by atoms with Crippen LogP contribution in [0.15, 0.2) is 103 Å². The van der Waals surface area contributed by atoms with Crippen molar-refractivity contribution in [1.82, 2.24) is 4.90 Å². The molecular formula is C32H29NO5. The second-order valence-corrected chi connectivity index (χ2v) is 9.42. The lowest BCUT2D eigenvalue weighted by Crippen LogP contribution is -2.44. The van der Waals surface area contributed by atoms with Crippen molar-refractivity contribution in [3.05, 3.63) is 125 Å². The fourth-order valence-corrected chi connectivity index (χ4v) is 4.80. The van der Waals surface area contributed by atoms with Crippen LogP contribution < -0.4 is 9.47 Å². The van der Waals surface area contributed by atoms with E-state index in [0.717, 1.165) is 33.8 Å². The first-order chi connectivity index (χ1) is 18.5. The Balaban J connectivity index is 1.27. The zero-order valence-electron chi connectivity index (χ0n) is 21.1. The Morgan fingerprint density at radius 1 is 0.816 bits per heavy atom. The van der Waals surface area contributed by atoms with Crippen molar-refractivity contribution in [2.75, 3.05) is 7.05 Å². The average molecular weight is 508 g/mol. The summed E-state index contributed by atoms with van der Waals surface area (Å²) in [5.74, 6) is 0.633. The number of likely N-dealkylation sites (N-methyl/N-ethyl adjacent to an activating group) is 1. The minimum Gasteiger partial charge on any atom is -0.489 e. The number of nitrogens with zero attached hydrogens (tertiary/aromatic N) is 1. The van der Waals surface area contributed by atoms with Crippen LogP contribution in [0.5, 0.6) is 17.2 Å². The SMILES string of the molecule is CN(C(=O)CC1c2ccccc2Oc2ccccc21)C(Cc1ccc(OCc2ccccc2)cc1)C(=O)O. The highest BCUT2D eigenvalue weighted by molar-refractivity contribution is 5.84. The molecule has 0 fully saturated rings. The summed E-state index contributed by atoms with van der Waals surface area (Å²) in [4.78, 5) is 27.0. The number of carbonyl (C=O) groups excluding carboxylic acids is 1. The van der Waals surface area contributed by atoms with Crippen molar-refractivity contribution in [1.29, 1.82) is 0 Å². The van der Waals surface area contributed by atoms with Crippen LogP contribution >= 0.6 is 0 Å². The van der Waals surface area contributed by atoms with Crippen LogP contribution in [0.4, 0.5) is 0 Å². The Kier molecular flexibility index (Phi) is 7.40. The summed E-state index contributed by atoms with van der Waals surface area (Å²) in [5, 5.41) is 10.0. The number of carbonyl (C=O) groups is 2. The molecule has 6 heteroatoms. The quantitative estimate of drug-likeness (QED) is 0.299. The Hall–Kier alpha value is -4.58. The van der Waals surface area contributed by atoms with E-state index in [1.807, 2.05) is 103 Å². The van der Waals surface area contributed by atoms with Crippen LogP contribution in [0.2, 0.25) is 0 Å². The van der Waals surface area contributed by atoms with Gasteiger partial charge in [-0.3, -0.25) is 4.79 Å². The fourth-order valence-electron chi connectivity index (χ4n) is 4.80. The average Bonchev–Trinajstić information content (AvgIpc) is 2.95. The second-order valence-electron chi connectivity index (χ2n) is 9.42. The molecule has 4 aromatic carbocycles. The first-order valence-electron chi connectivity index (χ1n) is 12.6. The summed E-state index contributed by atoms with van der Waals surface area (Å²) < 4.78 is 11.9. The lowest BCUT2D eigenvalue weighted by molar-refractivity contribution is -0.149. The summed E-state index contributed by atoms with van der Waals surface area (Å²) >= 11 is 0. The Morgan fingerprint density at radius 2 is 1.39 bits per heavy atom. The summed E-state index contributed by atoms with van der Waals surface area (Å²) in [6.07, 6.45) is 0.335. The van der Waals surface area contributed by atoms with Gasteiger partial charge in [-0.05, 0) is 35.4 Å². The Bertz CT molecular complexity index is 1370. The number of benzene rings is 4. The molecule has 0 saturated heterocycles. The number of hydrogen-bond donors (Lipinski definition) is 1. The van der Waals surface area contributed by atoms with Crippen molar-refractivity contribution < 1.29 is 24.2 Å². The van der Waals surface area contributed by atoms with Crippen LogP contribution in [-0.2, 0) is 22.6 Å². The van der Waals surface area contributed by atoms with Gasteiger partial charge in [0.05, 0.1) is 0 Å². The molecule has 1 amide bonds. The van der Waals surface area contributed by atoms with Gasteiger partial charge in [0, 0.05) is 36.9 Å². The molecule has 1 aliphatic rings. The number of fused-ring (bicyclic) bond motifs is 2. The molecule has 0 saturated carbocycles. The minimum atomic E-state index is -1.04. The van der Waals surface area contributed by atoms with Gasteiger partial charge in [0.1, 0.15) is 29.9 Å². The number of aliphatic carboxylic acids is 1. The third-order valence-electron chi connectivity index (χ3n) is 6.93. The van der Waals surface area contributed by atoms with Gasteiger partial charge in [-0.25, -0.2) is 4.79 Å². The van der Waals surface area contributed by atoms with E-state index in [0.29, 0.717) is 12.4 Å². The fraction of sp³-hybridized carbons (Fsp3) is 0.188. The third-order valence-corrected chi connectivity index (χ3v) is 6.93. The lowest BCUT2D eigenvalue weighted by Gasteiger charge is -2.31. The number of ether oxygens (including phenoxy) is 2. The van der Waals surface area contributed by atoms with Gasteiger partial charge in [0.25, 0.3) is 0 Å². The minimum absolute atomic E-state index is 0.143. The van der Waals surface area contributed by atoms with Crippen LogP contribution in [-0.4, -0.2) is 35.0 Å². The number of carboxylic acids is 1. The summed E-state index contributed by atoms with van der Waals surface area (Å²) in [7, 11) is 1.57. The topological polar surface area (TPSA) is 76.1 Å². The van der Waals surface area contributed by atoms with E-state index >= 15 is 0 Å². The smallest absolute Gasteiger partial charge is 0.326 e. The molecule has 38 heavy (non-hydrogen) atoms. The molecule has 1 N–H and O–H groups in total. The highest BCUT2D eigenvalue weighted by atomic mass is 16.5. The van der Waals surface area contributed by atoms with Crippen molar-refractivity contribution in [3.63, 3.8) is 0 Å². The number of carboxylic acid groups (broad SMARTS) is 1. The molecule has 1 aliphatic heterocycles. The predicted octanol–water partition coefficient (Wildman–Crippen LogP) is 6.05. The number of para-hydroxylation sites is 2. The maximum atomic E-state index is 13.4. The summed E-state index contributed by atoms with van der Waals surface area (Å²) in [5.41, 5.74) is 3.72. The Labute approximate surface area is 222 Å². The van der Waals surface area contributed by atoms with Crippen molar-refractivity contribution in [2.45, 2.75) is 31.4 Å². The van der Waals surface area contributed by atoms with Gasteiger partial charge >= 0.3 is 5.97 Å². The Morgan fingerprint density at radius 3 is 2.00 bits per heavy atom. The maximum absolute atomic E-state index is 13.4. The zero-order valence-corrected chi connectivity index (χ0v) is 21.1. The van der Waals surface area contributed by atoms with Gasteiger partial charge in [-0.15, -0.1) is 0 Å². The zero-order chi connectivity index (χ0) is 26.5. The van der Waals surface area contributed by atoms with Gasteiger partial charge in [0.15, 0.2) is 0 Å². The van der Waals surface area contributed by atoms with Gasteiger partial charge < -0.3 is 19.5 Å². The molecule has 1 atom stereocenters. The molecule has 0 aromatic heterocycles. The summed E-state index contributed by atoms with van der Waals surface area (Å²) in [6.45, 7) is 0.452. The first-order valence-corrected chi connectivity index (χ1v) is 12.6. The molecule has 5 rings (SSSR count). The van der Waals surface area contributed by atoms with Crippen LogP contribution in [0, 0.1) is 0 Å². The van der Waals surface area contributed by atoms with E-state index < -0.39 is 12.0 Å². The predicted molar refractivity (Wildman–Crippen MR) is 145 cm³/mol. The third kappa shape index (κ3) is 5.54. The largest absolute Gasteiger partial charge is 0.489 e. The van der Waals surface area contributed by atoms with Gasteiger partial charge in [-0.2, -0.15) is 0 Å². The van der Waals surface area contributed by atoms with E-state index in [4.69, 9.17) is 9.47 Å². The van der Waals surface area contributed by atoms with Crippen LogP contribution in [0.25, 0.3) is 0 Å². The van der Waals surface area contributed by atoms with Gasteiger partial charge in [-0.1, -0.05) is 78.9 Å². The highest BCUT2D eigenvalue weighted by Gasteiger charge is 2.33. The molecule has 4 aromatic rings. The normalized spacial score (nSPS) is 13.0. The van der Waals surface area contributed by atoms with E-state index in [9.17, 15) is 14.7 Å². The molecule has 0 bridgehead atoms. The maximum Gasteiger partial charge on any atom is 0.326 e. The van der Waals surface area contributed by atoms with E-state index in [2.05, 4.69) is 0 Å². The lowest BCUT2D eigenvalue weighted by atomic mass is 9.85. The molecule has 1 heterocycles. The number of amides is 1. The van der Waals surface area contributed by atoms with E-state index in [1.54, 1.807) is 7.05 Å². The molecule has 0 radical (unpaired) electrons. The van der Waals surface area contributed by atoms with Crippen molar-refractivity contribution in [2.24, 2.45) is 0 Å². The standard InChI is InChI=1S/C32H29NO5/c1-33(31(34)20-27-25-11-5-7-13-29(25)38-30-14-8-6-12-26(27)30)28(32(35)36)19-22-15-17-24(18-16-22)37-21-23-9-3-2-4-10-23/h2-18,27-28H,19-21H2,1H3,(H,35,36). The molecule has 6 nitrogen and oxygen atoms in total. The van der Waals surface area contributed by atoms with E-state index in [1.165, 1.54) is 4.90 Å². The first kappa shape index (κ1) is 25.1. The van der Waals surface area contributed by atoms with Crippen LogP contribution in [0.1, 0.15) is 34.6 Å². The molecule has 0 aliphatic carbocycles. The van der Waals surface area contributed by atoms with Crippen LogP contribution in [0.3, 0.4) is 0 Å². The number of hydrogen-bond acceptors (Lipinski definition) is 4. The molecular weight excluding hydrogens is 478 g/mol. The molecule has 0 spiro atoms. The number of rotatable bonds is 9. The monoisotopic (exact) mass is 507 g/mol. The highest BCUT2D eigenvalue weighted by Crippen LogP contribution is 2.45.